The lowest BCUT2D eigenvalue weighted by atomic mass is 10.1. The van der Waals surface area contributed by atoms with Gasteiger partial charge < -0.3 is 5.32 Å². The lowest BCUT2D eigenvalue weighted by Gasteiger charge is -2.07. The molecule has 0 spiro atoms. The van der Waals surface area contributed by atoms with Gasteiger partial charge in [0.1, 0.15) is 5.56 Å². The Morgan fingerprint density at radius 1 is 1.32 bits per heavy atom. The van der Waals surface area contributed by atoms with Crippen LogP contribution in [0.2, 0.25) is 0 Å². The van der Waals surface area contributed by atoms with Gasteiger partial charge in [-0.3, -0.25) is 14.2 Å². The van der Waals surface area contributed by atoms with Crippen LogP contribution in [0.15, 0.2) is 45.3 Å². The first-order valence-electron chi connectivity index (χ1n) is 7.49. The quantitative estimate of drug-likeness (QED) is 0.702. The molecule has 1 aliphatic heterocycles. The monoisotopic (exact) mass is 380 g/mol. The van der Waals surface area contributed by atoms with Gasteiger partial charge in [0, 0.05) is 25.0 Å². The SMILES string of the molecule is NS(=O)(=O)c1ccc(CCNC(=O)c2cnc3n(c2=O)CCS3)cc1. The van der Waals surface area contributed by atoms with Crippen LogP contribution in [0, 0.1) is 0 Å². The highest BCUT2D eigenvalue weighted by Crippen LogP contribution is 2.20. The molecule has 0 radical (unpaired) electrons. The molecule has 0 atom stereocenters. The average Bonchev–Trinajstić information content (AvgIpc) is 3.04. The molecule has 3 N–H and O–H groups in total. The van der Waals surface area contributed by atoms with Crippen LogP contribution in [0.3, 0.4) is 0 Å². The first-order valence-corrected chi connectivity index (χ1v) is 10.0. The first kappa shape index (κ1) is 17.6. The Bertz CT molecular complexity index is 968. The highest BCUT2D eigenvalue weighted by molar-refractivity contribution is 7.99. The van der Waals surface area contributed by atoms with Crippen molar-refractivity contribution in [2.24, 2.45) is 5.14 Å². The summed E-state index contributed by atoms with van der Waals surface area (Å²) in [6.07, 6.45) is 1.80. The minimum Gasteiger partial charge on any atom is -0.351 e. The summed E-state index contributed by atoms with van der Waals surface area (Å²) in [6.45, 7) is 0.868. The average molecular weight is 380 g/mol. The Morgan fingerprint density at radius 2 is 2.04 bits per heavy atom. The van der Waals surface area contributed by atoms with Gasteiger partial charge >= 0.3 is 0 Å². The largest absolute Gasteiger partial charge is 0.351 e. The molecule has 2 heterocycles. The Kier molecular flexibility index (Phi) is 4.93. The van der Waals surface area contributed by atoms with E-state index >= 15 is 0 Å². The van der Waals surface area contributed by atoms with Gasteiger partial charge in [-0.15, -0.1) is 0 Å². The zero-order chi connectivity index (χ0) is 18.0. The van der Waals surface area contributed by atoms with Crippen molar-refractivity contribution in [2.45, 2.75) is 23.0 Å². The molecule has 0 saturated carbocycles. The van der Waals surface area contributed by atoms with Crippen molar-refractivity contribution in [2.75, 3.05) is 12.3 Å². The van der Waals surface area contributed by atoms with E-state index in [4.69, 9.17) is 5.14 Å². The van der Waals surface area contributed by atoms with Crippen molar-refractivity contribution in [3.05, 3.63) is 51.9 Å². The maximum absolute atomic E-state index is 12.2. The number of benzene rings is 1. The van der Waals surface area contributed by atoms with E-state index in [1.54, 1.807) is 12.1 Å². The smallest absolute Gasteiger partial charge is 0.267 e. The van der Waals surface area contributed by atoms with Gasteiger partial charge in [-0.05, 0) is 24.1 Å². The van der Waals surface area contributed by atoms with E-state index in [-0.39, 0.29) is 16.0 Å². The van der Waals surface area contributed by atoms with Gasteiger partial charge in [-0.25, -0.2) is 18.5 Å². The molecule has 25 heavy (non-hydrogen) atoms. The third-order valence-electron chi connectivity index (χ3n) is 3.75. The highest BCUT2D eigenvalue weighted by atomic mass is 32.2. The van der Waals surface area contributed by atoms with Crippen molar-refractivity contribution >= 4 is 27.7 Å². The summed E-state index contributed by atoms with van der Waals surface area (Å²) in [5, 5.41) is 8.36. The number of carbonyl (C=O) groups excluding carboxylic acids is 1. The lowest BCUT2D eigenvalue weighted by molar-refractivity contribution is 0.0951. The number of primary sulfonamides is 1. The maximum atomic E-state index is 12.2. The third-order valence-corrected chi connectivity index (χ3v) is 5.65. The number of rotatable bonds is 5. The Morgan fingerprint density at radius 3 is 2.72 bits per heavy atom. The van der Waals surface area contributed by atoms with Crippen LogP contribution in [0.1, 0.15) is 15.9 Å². The number of sulfonamides is 1. The van der Waals surface area contributed by atoms with E-state index in [0.717, 1.165) is 11.3 Å². The number of fused-ring (bicyclic) bond motifs is 1. The second-order valence-electron chi connectivity index (χ2n) is 5.45. The molecule has 1 amide bonds. The van der Waals surface area contributed by atoms with E-state index in [1.165, 1.54) is 34.7 Å². The van der Waals surface area contributed by atoms with Crippen molar-refractivity contribution in [1.29, 1.82) is 0 Å². The minimum atomic E-state index is -3.71. The summed E-state index contributed by atoms with van der Waals surface area (Å²) in [4.78, 5) is 28.6. The number of hydrogen-bond donors (Lipinski definition) is 2. The van der Waals surface area contributed by atoms with E-state index in [9.17, 15) is 18.0 Å². The molecule has 0 fully saturated rings. The molecular weight excluding hydrogens is 364 g/mol. The van der Waals surface area contributed by atoms with Gasteiger partial charge in [0.25, 0.3) is 11.5 Å². The molecule has 132 valence electrons. The molecule has 10 heteroatoms. The first-order chi connectivity index (χ1) is 11.9. The predicted molar refractivity (Wildman–Crippen MR) is 93.1 cm³/mol. The number of nitrogens with one attached hydrogen (secondary N) is 1. The molecule has 1 aliphatic rings. The standard InChI is InChI=1S/C15H16N4O4S2/c16-25(22,23)11-3-1-10(2-4-11)5-6-17-13(20)12-9-18-15-19(14(12)21)7-8-24-15/h1-4,9H,5-8H2,(H,17,20)(H2,16,22,23). The Hall–Kier alpha value is -2.17. The van der Waals surface area contributed by atoms with Crippen LogP contribution in [-0.2, 0) is 23.0 Å². The van der Waals surface area contributed by atoms with Gasteiger partial charge in [-0.1, -0.05) is 23.9 Å². The van der Waals surface area contributed by atoms with E-state index < -0.39 is 15.9 Å². The van der Waals surface area contributed by atoms with Gasteiger partial charge in [0.15, 0.2) is 5.16 Å². The zero-order valence-corrected chi connectivity index (χ0v) is 14.8. The number of nitrogens with two attached hydrogens (primary N) is 1. The topological polar surface area (TPSA) is 124 Å². The molecular formula is C15H16N4O4S2. The summed E-state index contributed by atoms with van der Waals surface area (Å²) in [5.41, 5.74) is 0.536. The third kappa shape index (κ3) is 3.91. The van der Waals surface area contributed by atoms with Gasteiger partial charge in [0.05, 0.1) is 4.90 Å². The van der Waals surface area contributed by atoms with Crippen LogP contribution in [0.25, 0.3) is 0 Å². The van der Waals surface area contributed by atoms with Crippen LogP contribution < -0.4 is 16.0 Å². The molecule has 0 unspecified atom stereocenters. The Balaban J connectivity index is 1.61. The molecule has 8 nitrogen and oxygen atoms in total. The number of hydrogen-bond acceptors (Lipinski definition) is 6. The fraction of sp³-hybridized carbons (Fsp3) is 0.267. The van der Waals surface area contributed by atoms with Crippen LogP contribution >= 0.6 is 11.8 Å². The molecule has 3 rings (SSSR count). The summed E-state index contributed by atoms with van der Waals surface area (Å²) in [7, 11) is -3.71. The fourth-order valence-electron chi connectivity index (χ4n) is 2.43. The van der Waals surface area contributed by atoms with Crippen molar-refractivity contribution in [3.8, 4) is 0 Å². The summed E-state index contributed by atoms with van der Waals surface area (Å²) >= 11 is 1.49. The minimum absolute atomic E-state index is 0.0239. The lowest BCUT2D eigenvalue weighted by Crippen LogP contribution is -2.34. The van der Waals surface area contributed by atoms with E-state index in [0.29, 0.717) is 24.7 Å². The molecule has 1 aromatic carbocycles. The number of aromatic nitrogens is 2. The highest BCUT2D eigenvalue weighted by Gasteiger charge is 2.19. The molecule has 0 bridgehead atoms. The second-order valence-corrected chi connectivity index (χ2v) is 8.08. The number of nitrogens with zero attached hydrogens (tertiary/aromatic N) is 2. The number of carbonyl (C=O) groups is 1. The summed E-state index contributed by atoms with van der Waals surface area (Å²) < 4.78 is 23.9. The van der Waals surface area contributed by atoms with Crippen LogP contribution in [0.4, 0.5) is 0 Å². The maximum Gasteiger partial charge on any atom is 0.267 e. The Labute approximate surface area is 148 Å². The van der Waals surface area contributed by atoms with Crippen molar-refractivity contribution in [3.63, 3.8) is 0 Å². The van der Waals surface area contributed by atoms with Crippen LogP contribution in [-0.4, -0.2) is 36.2 Å². The van der Waals surface area contributed by atoms with Crippen molar-refractivity contribution < 1.29 is 13.2 Å². The van der Waals surface area contributed by atoms with Gasteiger partial charge in [0.2, 0.25) is 10.0 Å². The molecule has 2 aromatic rings. The predicted octanol–water partition coefficient (Wildman–Crippen LogP) is -0.0311. The normalized spacial score (nSPS) is 13.5. The number of amides is 1. The van der Waals surface area contributed by atoms with Gasteiger partial charge in [-0.2, -0.15) is 0 Å². The summed E-state index contributed by atoms with van der Waals surface area (Å²) in [6, 6.07) is 6.10. The zero-order valence-electron chi connectivity index (χ0n) is 13.1. The molecule has 1 aromatic heterocycles. The molecule has 0 aliphatic carbocycles. The van der Waals surface area contributed by atoms with E-state index in [2.05, 4.69) is 10.3 Å². The molecule has 0 saturated heterocycles. The number of thioether (sulfide) groups is 1. The fourth-order valence-corrected chi connectivity index (χ4v) is 3.86. The van der Waals surface area contributed by atoms with E-state index in [1.807, 2.05) is 0 Å². The van der Waals surface area contributed by atoms with Crippen molar-refractivity contribution in [1.82, 2.24) is 14.9 Å². The summed E-state index contributed by atoms with van der Waals surface area (Å²) in [5.74, 6) is 0.313. The second kappa shape index (κ2) is 6.98. The van der Waals surface area contributed by atoms with Crippen LogP contribution in [0.5, 0.6) is 0 Å².